The summed E-state index contributed by atoms with van der Waals surface area (Å²) in [5.41, 5.74) is 1.76. The van der Waals surface area contributed by atoms with E-state index >= 15 is 0 Å². The van der Waals surface area contributed by atoms with E-state index in [0.29, 0.717) is 11.7 Å². The molecule has 7 heteroatoms. The van der Waals surface area contributed by atoms with E-state index in [0.717, 1.165) is 61.6 Å². The van der Waals surface area contributed by atoms with Crippen LogP contribution in [0, 0.1) is 5.92 Å². The molecule has 26 heavy (non-hydrogen) atoms. The van der Waals surface area contributed by atoms with Gasteiger partial charge in [-0.05, 0) is 25.0 Å². The van der Waals surface area contributed by atoms with Gasteiger partial charge in [-0.25, -0.2) is 9.97 Å². The maximum absolute atomic E-state index is 5.75. The number of aryl methyl sites for hydroxylation is 1. The van der Waals surface area contributed by atoms with Crippen LogP contribution in [0.2, 0.25) is 0 Å². The van der Waals surface area contributed by atoms with E-state index in [2.05, 4.69) is 21.9 Å². The van der Waals surface area contributed by atoms with Crippen molar-refractivity contribution in [2.24, 2.45) is 13.0 Å². The molecule has 0 N–H and O–H groups in total. The molecule has 1 fully saturated rings. The lowest BCUT2D eigenvalue weighted by molar-refractivity contribution is 0.106. The molecule has 1 saturated heterocycles. The number of hydrogen-bond donors (Lipinski definition) is 0. The van der Waals surface area contributed by atoms with Gasteiger partial charge >= 0.3 is 0 Å². The number of fused-ring (bicyclic) bond motifs is 1. The zero-order chi connectivity index (χ0) is 17.9. The zero-order valence-corrected chi connectivity index (χ0v) is 15.3. The van der Waals surface area contributed by atoms with E-state index in [9.17, 15) is 0 Å². The van der Waals surface area contributed by atoms with E-state index in [1.54, 1.807) is 17.1 Å². The first-order valence-electron chi connectivity index (χ1n) is 9.19. The van der Waals surface area contributed by atoms with Gasteiger partial charge in [0.05, 0.1) is 18.2 Å². The van der Waals surface area contributed by atoms with Crippen LogP contribution < -0.4 is 4.90 Å². The van der Waals surface area contributed by atoms with Crippen LogP contribution >= 0.6 is 0 Å². The van der Waals surface area contributed by atoms with Gasteiger partial charge in [0.2, 0.25) is 0 Å². The van der Waals surface area contributed by atoms with Crippen LogP contribution in [0.1, 0.15) is 19.8 Å². The molecule has 1 aliphatic rings. The SMILES string of the molecule is CCCOC[C@H]1CCN(c2nc(-c3cccnc3)nc3c2cnn3C)C1. The molecular formula is C19H24N6O. The quantitative estimate of drug-likeness (QED) is 0.635. The van der Waals surface area contributed by atoms with Crippen LogP contribution in [-0.4, -0.2) is 51.0 Å². The molecule has 0 unspecified atom stereocenters. The summed E-state index contributed by atoms with van der Waals surface area (Å²) in [4.78, 5) is 16.1. The molecule has 4 rings (SSSR count). The summed E-state index contributed by atoms with van der Waals surface area (Å²) < 4.78 is 7.56. The van der Waals surface area contributed by atoms with Crippen molar-refractivity contribution in [1.82, 2.24) is 24.7 Å². The molecule has 7 nitrogen and oxygen atoms in total. The summed E-state index contributed by atoms with van der Waals surface area (Å²) in [7, 11) is 1.91. The van der Waals surface area contributed by atoms with E-state index in [-0.39, 0.29) is 0 Å². The second-order valence-corrected chi connectivity index (χ2v) is 6.79. The lowest BCUT2D eigenvalue weighted by Crippen LogP contribution is -2.23. The summed E-state index contributed by atoms with van der Waals surface area (Å²) >= 11 is 0. The number of nitrogens with zero attached hydrogens (tertiary/aromatic N) is 6. The summed E-state index contributed by atoms with van der Waals surface area (Å²) in [6, 6.07) is 3.89. The van der Waals surface area contributed by atoms with Crippen molar-refractivity contribution < 1.29 is 4.74 Å². The predicted molar refractivity (Wildman–Crippen MR) is 101 cm³/mol. The molecule has 3 aromatic heterocycles. The highest BCUT2D eigenvalue weighted by Crippen LogP contribution is 2.30. The van der Waals surface area contributed by atoms with Gasteiger partial charge in [-0.1, -0.05) is 6.92 Å². The van der Waals surface area contributed by atoms with Crippen molar-refractivity contribution in [1.29, 1.82) is 0 Å². The third-order valence-electron chi connectivity index (χ3n) is 4.78. The first-order chi connectivity index (χ1) is 12.8. The Kier molecular flexibility index (Phi) is 4.79. The van der Waals surface area contributed by atoms with Crippen molar-refractivity contribution in [2.45, 2.75) is 19.8 Å². The highest BCUT2D eigenvalue weighted by atomic mass is 16.5. The van der Waals surface area contributed by atoms with Gasteiger partial charge in [0.1, 0.15) is 5.82 Å². The highest BCUT2D eigenvalue weighted by Gasteiger charge is 2.26. The second kappa shape index (κ2) is 7.37. The summed E-state index contributed by atoms with van der Waals surface area (Å²) in [6.45, 7) is 5.73. The number of hydrogen-bond acceptors (Lipinski definition) is 6. The third kappa shape index (κ3) is 3.26. The Morgan fingerprint density at radius 1 is 1.27 bits per heavy atom. The fourth-order valence-corrected chi connectivity index (χ4v) is 3.43. The monoisotopic (exact) mass is 352 g/mol. The number of ether oxygens (including phenoxy) is 1. The Balaban J connectivity index is 1.66. The maximum atomic E-state index is 5.75. The normalized spacial score (nSPS) is 17.3. The molecule has 0 aromatic carbocycles. The van der Waals surface area contributed by atoms with Gasteiger partial charge in [0, 0.05) is 50.6 Å². The first kappa shape index (κ1) is 16.9. The number of pyridine rings is 1. The topological polar surface area (TPSA) is 69.0 Å². The molecule has 0 bridgehead atoms. The number of anilines is 1. The van der Waals surface area contributed by atoms with E-state index in [1.165, 1.54) is 0 Å². The maximum Gasteiger partial charge on any atom is 0.165 e. The lowest BCUT2D eigenvalue weighted by atomic mass is 10.1. The number of aromatic nitrogens is 5. The summed E-state index contributed by atoms with van der Waals surface area (Å²) in [5.74, 6) is 2.19. The standard InChI is InChI=1S/C19H24N6O/c1-3-9-26-13-14-6-8-25(12-14)19-16-11-21-24(2)18(16)22-17(23-19)15-5-4-7-20-10-15/h4-5,7,10-11,14H,3,6,8-9,12-13H2,1-2H3/t14-/m0/s1. The largest absolute Gasteiger partial charge is 0.381 e. The van der Waals surface area contributed by atoms with Crippen molar-refractivity contribution in [3.8, 4) is 11.4 Å². The van der Waals surface area contributed by atoms with Gasteiger partial charge < -0.3 is 9.64 Å². The molecule has 0 aliphatic carbocycles. The smallest absolute Gasteiger partial charge is 0.165 e. The van der Waals surface area contributed by atoms with Gasteiger partial charge in [-0.15, -0.1) is 0 Å². The Bertz CT molecular complexity index is 878. The highest BCUT2D eigenvalue weighted by molar-refractivity contribution is 5.88. The molecule has 0 saturated carbocycles. The lowest BCUT2D eigenvalue weighted by Gasteiger charge is -2.19. The van der Waals surface area contributed by atoms with Crippen LogP contribution in [0.3, 0.4) is 0 Å². The average Bonchev–Trinajstić information content (AvgIpc) is 3.29. The van der Waals surface area contributed by atoms with Gasteiger partial charge in [-0.2, -0.15) is 5.10 Å². The first-order valence-corrected chi connectivity index (χ1v) is 9.19. The van der Waals surface area contributed by atoms with Crippen molar-refractivity contribution in [3.05, 3.63) is 30.7 Å². The van der Waals surface area contributed by atoms with E-state index in [1.807, 2.05) is 25.4 Å². The van der Waals surface area contributed by atoms with Crippen molar-refractivity contribution in [2.75, 3.05) is 31.2 Å². The van der Waals surface area contributed by atoms with Crippen LogP contribution in [0.25, 0.3) is 22.4 Å². The fraction of sp³-hybridized carbons (Fsp3) is 0.474. The molecule has 3 aromatic rings. The van der Waals surface area contributed by atoms with Crippen LogP contribution in [0.5, 0.6) is 0 Å². The summed E-state index contributed by atoms with van der Waals surface area (Å²) in [5, 5.41) is 5.39. The van der Waals surface area contributed by atoms with Crippen LogP contribution in [-0.2, 0) is 11.8 Å². The molecule has 136 valence electrons. The zero-order valence-electron chi connectivity index (χ0n) is 15.3. The second-order valence-electron chi connectivity index (χ2n) is 6.79. The Labute approximate surface area is 153 Å². The third-order valence-corrected chi connectivity index (χ3v) is 4.78. The molecule has 0 amide bonds. The minimum absolute atomic E-state index is 0.546. The van der Waals surface area contributed by atoms with Gasteiger partial charge in [-0.3, -0.25) is 9.67 Å². The molecule has 1 atom stereocenters. The summed E-state index contributed by atoms with van der Waals surface area (Å²) in [6.07, 6.45) is 7.60. The Hall–Kier alpha value is -2.54. The molecular weight excluding hydrogens is 328 g/mol. The minimum Gasteiger partial charge on any atom is -0.381 e. The van der Waals surface area contributed by atoms with Crippen LogP contribution in [0.15, 0.2) is 30.7 Å². The molecule has 0 spiro atoms. The van der Waals surface area contributed by atoms with Crippen molar-refractivity contribution in [3.63, 3.8) is 0 Å². The van der Waals surface area contributed by atoms with E-state index < -0.39 is 0 Å². The predicted octanol–water partition coefficient (Wildman–Crippen LogP) is 2.68. The number of rotatable bonds is 6. The van der Waals surface area contributed by atoms with Crippen LogP contribution in [0.4, 0.5) is 5.82 Å². The average molecular weight is 352 g/mol. The fourth-order valence-electron chi connectivity index (χ4n) is 3.43. The molecule has 4 heterocycles. The minimum atomic E-state index is 0.546. The van der Waals surface area contributed by atoms with Gasteiger partial charge in [0.25, 0.3) is 0 Å². The molecule has 1 aliphatic heterocycles. The Morgan fingerprint density at radius 3 is 3.00 bits per heavy atom. The van der Waals surface area contributed by atoms with E-state index in [4.69, 9.17) is 14.7 Å². The van der Waals surface area contributed by atoms with Crippen molar-refractivity contribution >= 4 is 16.9 Å². The Morgan fingerprint density at radius 2 is 2.19 bits per heavy atom. The molecule has 0 radical (unpaired) electrons. The van der Waals surface area contributed by atoms with Gasteiger partial charge in [0.15, 0.2) is 11.5 Å².